The minimum Gasteiger partial charge on any atom is -0.481 e. The van der Waals surface area contributed by atoms with Crippen molar-refractivity contribution in [1.29, 1.82) is 0 Å². The molecule has 0 radical (unpaired) electrons. The van der Waals surface area contributed by atoms with Gasteiger partial charge in [-0.1, -0.05) is 43.7 Å². The van der Waals surface area contributed by atoms with Gasteiger partial charge in [0.2, 0.25) is 0 Å². The second kappa shape index (κ2) is 7.91. The van der Waals surface area contributed by atoms with Gasteiger partial charge in [-0.3, -0.25) is 4.99 Å². The Balaban J connectivity index is 2.50. The Kier molecular flexibility index (Phi) is 6.31. The van der Waals surface area contributed by atoms with Crippen LogP contribution in [0.3, 0.4) is 0 Å². The van der Waals surface area contributed by atoms with Crippen molar-refractivity contribution in [2.24, 2.45) is 4.99 Å². The molecule has 2 heteroatoms. The molecule has 0 aliphatic heterocycles. The van der Waals surface area contributed by atoms with Crippen LogP contribution in [-0.2, 0) is 11.3 Å². The molecule has 0 aliphatic carbocycles. The van der Waals surface area contributed by atoms with E-state index in [1.54, 1.807) is 0 Å². The Morgan fingerprint density at radius 1 is 1.19 bits per heavy atom. The normalized spacial score (nSPS) is 11.5. The summed E-state index contributed by atoms with van der Waals surface area (Å²) in [5.41, 5.74) is 1.23. The third-order valence-corrected chi connectivity index (χ3v) is 2.34. The lowest BCUT2D eigenvalue weighted by molar-refractivity contribution is 0.314. The summed E-state index contributed by atoms with van der Waals surface area (Å²) in [5.74, 6) is 0.896. The van der Waals surface area contributed by atoms with E-state index < -0.39 is 0 Å². The molecule has 0 unspecified atom stereocenters. The average molecular weight is 219 g/mol. The van der Waals surface area contributed by atoms with Crippen LogP contribution in [0.15, 0.2) is 35.3 Å². The van der Waals surface area contributed by atoms with Crippen molar-refractivity contribution in [3.63, 3.8) is 0 Å². The topological polar surface area (TPSA) is 21.6 Å². The van der Waals surface area contributed by atoms with Gasteiger partial charge in [0.25, 0.3) is 0 Å². The number of benzene rings is 1. The Morgan fingerprint density at radius 3 is 2.56 bits per heavy atom. The summed E-state index contributed by atoms with van der Waals surface area (Å²) in [6.07, 6.45) is 3.28. The highest BCUT2D eigenvalue weighted by Gasteiger charge is 1.98. The minimum absolute atomic E-state index is 0.706. The standard InChI is InChI=1S/C14H21NO/c1-3-5-11-14(16-4-2)15-12-13-9-7-6-8-10-13/h6-10H,3-5,11-12H2,1-2H3/b15-14-. The molecule has 0 saturated carbocycles. The maximum Gasteiger partial charge on any atom is 0.183 e. The predicted octanol–water partition coefficient (Wildman–Crippen LogP) is 3.81. The predicted molar refractivity (Wildman–Crippen MR) is 68.7 cm³/mol. The summed E-state index contributed by atoms with van der Waals surface area (Å²) in [5, 5.41) is 0. The van der Waals surface area contributed by atoms with Gasteiger partial charge in [0.15, 0.2) is 5.90 Å². The van der Waals surface area contributed by atoms with Crippen LogP contribution in [0, 0.1) is 0 Å². The Bertz CT molecular complexity index is 306. The summed E-state index contributed by atoms with van der Waals surface area (Å²) in [6, 6.07) is 10.3. The number of nitrogens with zero attached hydrogens (tertiary/aromatic N) is 1. The molecule has 0 atom stereocenters. The monoisotopic (exact) mass is 219 g/mol. The zero-order chi connectivity index (χ0) is 11.6. The van der Waals surface area contributed by atoms with Crippen LogP contribution in [0.4, 0.5) is 0 Å². The quantitative estimate of drug-likeness (QED) is 0.526. The number of aliphatic imine (C=N–C) groups is 1. The van der Waals surface area contributed by atoms with Gasteiger partial charge in [-0.25, -0.2) is 0 Å². The molecule has 0 fully saturated rings. The molecule has 0 spiro atoms. The summed E-state index contributed by atoms with van der Waals surface area (Å²) < 4.78 is 5.52. The number of unbranched alkanes of at least 4 members (excludes halogenated alkanes) is 1. The van der Waals surface area contributed by atoms with Crippen molar-refractivity contribution in [3.05, 3.63) is 35.9 Å². The van der Waals surface area contributed by atoms with Crippen LogP contribution in [0.2, 0.25) is 0 Å². The van der Waals surface area contributed by atoms with Gasteiger partial charge in [-0.2, -0.15) is 0 Å². The highest BCUT2D eigenvalue weighted by molar-refractivity contribution is 5.76. The first-order chi connectivity index (χ1) is 7.86. The van der Waals surface area contributed by atoms with E-state index in [1.807, 2.05) is 25.1 Å². The van der Waals surface area contributed by atoms with Gasteiger partial charge >= 0.3 is 0 Å². The van der Waals surface area contributed by atoms with Gasteiger partial charge in [0.05, 0.1) is 13.2 Å². The van der Waals surface area contributed by atoms with Crippen LogP contribution < -0.4 is 0 Å². The van der Waals surface area contributed by atoms with E-state index in [9.17, 15) is 0 Å². The molecular formula is C14H21NO. The molecule has 0 bridgehead atoms. The van der Waals surface area contributed by atoms with Gasteiger partial charge in [0.1, 0.15) is 0 Å². The van der Waals surface area contributed by atoms with Crippen LogP contribution >= 0.6 is 0 Å². The van der Waals surface area contributed by atoms with Gasteiger partial charge in [-0.05, 0) is 18.9 Å². The van der Waals surface area contributed by atoms with E-state index >= 15 is 0 Å². The van der Waals surface area contributed by atoms with E-state index in [0.29, 0.717) is 6.61 Å². The fourth-order valence-corrected chi connectivity index (χ4v) is 1.45. The lowest BCUT2D eigenvalue weighted by Gasteiger charge is -2.06. The van der Waals surface area contributed by atoms with Crippen LogP contribution in [0.25, 0.3) is 0 Å². The van der Waals surface area contributed by atoms with E-state index in [4.69, 9.17) is 4.74 Å². The van der Waals surface area contributed by atoms with Crippen molar-refractivity contribution in [2.75, 3.05) is 6.61 Å². The molecule has 88 valence electrons. The fraction of sp³-hybridized carbons (Fsp3) is 0.500. The molecule has 1 aromatic rings. The first kappa shape index (κ1) is 12.8. The Morgan fingerprint density at radius 2 is 1.94 bits per heavy atom. The summed E-state index contributed by atoms with van der Waals surface area (Å²) >= 11 is 0. The lowest BCUT2D eigenvalue weighted by Crippen LogP contribution is -2.05. The van der Waals surface area contributed by atoms with E-state index in [2.05, 4.69) is 24.0 Å². The van der Waals surface area contributed by atoms with Crippen LogP contribution in [-0.4, -0.2) is 12.5 Å². The molecule has 0 N–H and O–H groups in total. The molecule has 1 rings (SSSR count). The molecule has 0 heterocycles. The van der Waals surface area contributed by atoms with Crippen molar-refractivity contribution in [3.8, 4) is 0 Å². The van der Waals surface area contributed by atoms with Gasteiger partial charge < -0.3 is 4.74 Å². The highest BCUT2D eigenvalue weighted by Crippen LogP contribution is 2.04. The zero-order valence-corrected chi connectivity index (χ0v) is 10.3. The fourth-order valence-electron chi connectivity index (χ4n) is 1.45. The first-order valence-electron chi connectivity index (χ1n) is 6.06. The summed E-state index contributed by atoms with van der Waals surface area (Å²) in [4.78, 5) is 4.52. The van der Waals surface area contributed by atoms with Crippen LogP contribution in [0.5, 0.6) is 0 Å². The molecule has 2 nitrogen and oxygen atoms in total. The van der Waals surface area contributed by atoms with E-state index in [-0.39, 0.29) is 0 Å². The number of hydrogen-bond acceptors (Lipinski definition) is 2. The summed E-state index contributed by atoms with van der Waals surface area (Å²) in [6.45, 7) is 5.61. The molecule has 16 heavy (non-hydrogen) atoms. The smallest absolute Gasteiger partial charge is 0.183 e. The largest absolute Gasteiger partial charge is 0.481 e. The maximum atomic E-state index is 5.52. The van der Waals surface area contributed by atoms with E-state index in [0.717, 1.165) is 25.3 Å². The highest BCUT2D eigenvalue weighted by atomic mass is 16.5. The molecule has 0 amide bonds. The van der Waals surface area contributed by atoms with Crippen LogP contribution in [0.1, 0.15) is 38.7 Å². The minimum atomic E-state index is 0.706. The lowest BCUT2D eigenvalue weighted by atomic mass is 10.2. The first-order valence-corrected chi connectivity index (χ1v) is 6.06. The van der Waals surface area contributed by atoms with Crippen molar-refractivity contribution in [2.45, 2.75) is 39.7 Å². The Labute approximate surface area is 98.4 Å². The SMILES string of the molecule is CCCC/C(=N/Cc1ccccc1)OCC. The molecule has 0 saturated heterocycles. The third-order valence-electron chi connectivity index (χ3n) is 2.34. The Hall–Kier alpha value is -1.31. The second-order valence-electron chi connectivity index (χ2n) is 3.73. The van der Waals surface area contributed by atoms with E-state index in [1.165, 1.54) is 12.0 Å². The third kappa shape index (κ3) is 4.96. The molecule has 0 aromatic heterocycles. The maximum absolute atomic E-state index is 5.52. The van der Waals surface area contributed by atoms with Crippen molar-refractivity contribution < 1.29 is 4.74 Å². The van der Waals surface area contributed by atoms with Gasteiger partial charge in [0, 0.05) is 6.42 Å². The van der Waals surface area contributed by atoms with Gasteiger partial charge in [-0.15, -0.1) is 0 Å². The zero-order valence-electron chi connectivity index (χ0n) is 10.3. The number of ether oxygens (including phenoxy) is 1. The van der Waals surface area contributed by atoms with Crippen molar-refractivity contribution >= 4 is 5.90 Å². The molecular weight excluding hydrogens is 198 g/mol. The average Bonchev–Trinajstić information content (AvgIpc) is 2.34. The van der Waals surface area contributed by atoms with Crippen molar-refractivity contribution in [1.82, 2.24) is 0 Å². The molecule has 1 aromatic carbocycles. The number of rotatable bonds is 6. The number of hydrogen-bond donors (Lipinski definition) is 0. The second-order valence-corrected chi connectivity index (χ2v) is 3.73. The molecule has 0 aliphatic rings. The summed E-state index contributed by atoms with van der Waals surface area (Å²) in [7, 11) is 0.